The first kappa shape index (κ1) is 12.1. The molecule has 0 bridgehead atoms. The largest absolute Gasteiger partial charge is 0.481 e. The van der Waals surface area contributed by atoms with Crippen molar-refractivity contribution in [1.82, 2.24) is 10.3 Å². The molecule has 0 aliphatic rings. The van der Waals surface area contributed by atoms with Crippen molar-refractivity contribution in [2.75, 3.05) is 0 Å². The van der Waals surface area contributed by atoms with Crippen molar-refractivity contribution in [2.24, 2.45) is 0 Å². The monoisotopic (exact) mass is 226 g/mol. The molecular formula is C10H11FN2O3. The fourth-order valence-electron chi connectivity index (χ4n) is 1.16. The molecule has 0 saturated heterocycles. The summed E-state index contributed by atoms with van der Waals surface area (Å²) in [4.78, 5) is 25.2. The maximum atomic E-state index is 12.7. The molecule has 0 spiro atoms. The first-order chi connectivity index (χ1) is 7.49. The lowest BCUT2D eigenvalue weighted by Gasteiger charge is -2.11. The zero-order valence-electron chi connectivity index (χ0n) is 8.61. The van der Waals surface area contributed by atoms with E-state index in [4.69, 9.17) is 5.11 Å². The number of rotatable bonds is 4. The predicted molar refractivity (Wildman–Crippen MR) is 53.4 cm³/mol. The van der Waals surface area contributed by atoms with E-state index in [1.54, 1.807) is 6.92 Å². The molecule has 2 N–H and O–H groups in total. The molecule has 0 aromatic carbocycles. The van der Waals surface area contributed by atoms with Gasteiger partial charge < -0.3 is 10.4 Å². The molecule has 1 aromatic heterocycles. The molecule has 0 aliphatic heterocycles. The average Bonchev–Trinajstić information content (AvgIpc) is 2.16. The van der Waals surface area contributed by atoms with Gasteiger partial charge in [0, 0.05) is 23.9 Å². The summed E-state index contributed by atoms with van der Waals surface area (Å²) >= 11 is 0. The summed E-state index contributed by atoms with van der Waals surface area (Å²) in [5, 5.41) is 10.9. The zero-order valence-corrected chi connectivity index (χ0v) is 8.61. The van der Waals surface area contributed by atoms with E-state index in [-0.39, 0.29) is 12.0 Å². The number of carboxylic acids is 1. The van der Waals surface area contributed by atoms with Gasteiger partial charge >= 0.3 is 5.97 Å². The fraction of sp³-hybridized carbons (Fsp3) is 0.300. The smallest absolute Gasteiger partial charge is 0.305 e. The summed E-state index contributed by atoms with van der Waals surface area (Å²) in [6.45, 7) is 1.56. The number of aliphatic carboxylic acids is 1. The summed E-state index contributed by atoms with van der Waals surface area (Å²) in [7, 11) is 0. The summed E-state index contributed by atoms with van der Waals surface area (Å²) in [5.41, 5.74) is 0.115. The second-order valence-corrected chi connectivity index (χ2v) is 3.34. The Balaban J connectivity index is 2.62. The summed E-state index contributed by atoms with van der Waals surface area (Å²) < 4.78 is 12.7. The van der Waals surface area contributed by atoms with Gasteiger partial charge in [-0.05, 0) is 13.0 Å². The normalized spacial score (nSPS) is 11.9. The molecule has 0 fully saturated rings. The molecular weight excluding hydrogens is 215 g/mol. The van der Waals surface area contributed by atoms with Crippen LogP contribution in [0.25, 0.3) is 0 Å². The summed E-state index contributed by atoms with van der Waals surface area (Å²) in [6.07, 6.45) is 0.991. The molecule has 5 nitrogen and oxygen atoms in total. The van der Waals surface area contributed by atoms with Gasteiger partial charge in [0.25, 0.3) is 5.91 Å². The molecule has 86 valence electrons. The number of hydrogen-bond acceptors (Lipinski definition) is 3. The molecule has 1 amide bonds. The van der Waals surface area contributed by atoms with Crippen LogP contribution in [0.15, 0.2) is 18.3 Å². The van der Waals surface area contributed by atoms with Crippen LogP contribution in [-0.4, -0.2) is 28.0 Å². The van der Waals surface area contributed by atoms with Gasteiger partial charge in [-0.15, -0.1) is 0 Å². The molecule has 0 saturated carbocycles. The van der Waals surface area contributed by atoms with Gasteiger partial charge in [0.05, 0.1) is 6.42 Å². The van der Waals surface area contributed by atoms with E-state index in [1.165, 1.54) is 12.3 Å². The Hall–Kier alpha value is -1.98. The van der Waals surface area contributed by atoms with Gasteiger partial charge in [-0.2, -0.15) is 4.39 Å². The number of hydrogen-bond donors (Lipinski definition) is 2. The Morgan fingerprint density at radius 2 is 2.31 bits per heavy atom. The molecule has 0 aliphatic carbocycles. The number of carboxylic acid groups (broad SMARTS) is 1. The van der Waals surface area contributed by atoms with Gasteiger partial charge in [0.15, 0.2) is 0 Å². The van der Waals surface area contributed by atoms with Crippen molar-refractivity contribution in [1.29, 1.82) is 0 Å². The van der Waals surface area contributed by atoms with Crippen LogP contribution in [0.4, 0.5) is 4.39 Å². The highest BCUT2D eigenvalue weighted by atomic mass is 19.1. The molecule has 1 heterocycles. The number of carbonyl (C=O) groups excluding carboxylic acids is 1. The van der Waals surface area contributed by atoms with Crippen LogP contribution in [0.2, 0.25) is 0 Å². The number of halogens is 1. The van der Waals surface area contributed by atoms with Crippen molar-refractivity contribution >= 4 is 11.9 Å². The average molecular weight is 226 g/mol. The van der Waals surface area contributed by atoms with E-state index in [1.807, 2.05) is 0 Å². The lowest BCUT2D eigenvalue weighted by Crippen LogP contribution is -2.34. The Bertz CT molecular complexity index is 409. The zero-order chi connectivity index (χ0) is 12.1. The fourth-order valence-corrected chi connectivity index (χ4v) is 1.16. The number of amides is 1. The van der Waals surface area contributed by atoms with E-state index >= 15 is 0 Å². The first-order valence-electron chi connectivity index (χ1n) is 4.63. The Morgan fingerprint density at radius 3 is 2.88 bits per heavy atom. The minimum atomic E-state index is -1.01. The van der Waals surface area contributed by atoms with E-state index in [0.29, 0.717) is 0 Å². The van der Waals surface area contributed by atoms with Gasteiger partial charge in [0.1, 0.15) is 0 Å². The van der Waals surface area contributed by atoms with E-state index < -0.39 is 23.9 Å². The minimum Gasteiger partial charge on any atom is -0.481 e. The number of aromatic nitrogens is 1. The van der Waals surface area contributed by atoms with Gasteiger partial charge in [0.2, 0.25) is 5.95 Å². The second kappa shape index (κ2) is 5.20. The first-order valence-corrected chi connectivity index (χ1v) is 4.63. The predicted octanol–water partition coefficient (Wildman–Crippen LogP) is 0.814. The summed E-state index contributed by atoms with van der Waals surface area (Å²) in [6, 6.07) is 1.83. The standard InChI is InChI=1S/C10H11FN2O3/c1-6(4-9(14)15)13-10(16)7-2-3-12-8(11)5-7/h2-3,5-6H,4H2,1H3,(H,13,16)(H,14,15). The Labute approximate surface area is 91.3 Å². The molecule has 6 heteroatoms. The topological polar surface area (TPSA) is 79.3 Å². The van der Waals surface area contributed by atoms with E-state index in [2.05, 4.69) is 10.3 Å². The quantitative estimate of drug-likeness (QED) is 0.745. The van der Waals surface area contributed by atoms with Crippen LogP contribution in [-0.2, 0) is 4.79 Å². The van der Waals surface area contributed by atoms with Crippen molar-refractivity contribution in [3.63, 3.8) is 0 Å². The molecule has 16 heavy (non-hydrogen) atoms. The van der Waals surface area contributed by atoms with Crippen LogP contribution in [0.5, 0.6) is 0 Å². The minimum absolute atomic E-state index is 0.115. The number of carbonyl (C=O) groups is 2. The van der Waals surface area contributed by atoms with Crippen LogP contribution in [0.1, 0.15) is 23.7 Å². The third kappa shape index (κ3) is 3.64. The second-order valence-electron chi connectivity index (χ2n) is 3.34. The maximum absolute atomic E-state index is 12.7. The van der Waals surface area contributed by atoms with E-state index in [9.17, 15) is 14.0 Å². The molecule has 1 rings (SSSR count). The Kier molecular flexibility index (Phi) is 3.93. The third-order valence-electron chi connectivity index (χ3n) is 1.85. The van der Waals surface area contributed by atoms with Crippen LogP contribution in [0, 0.1) is 5.95 Å². The number of pyridine rings is 1. The lowest BCUT2D eigenvalue weighted by molar-refractivity contribution is -0.137. The maximum Gasteiger partial charge on any atom is 0.305 e. The van der Waals surface area contributed by atoms with E-state index in [0.717, 1.165) is 6.07 Å². The van der Waals surface area contributed by atoms with Crippen LogP contribution >= 0.6 is 0 Å². The highest BCUT2D eigenvalue weighted by molar-refractivity contribution is 5.94. The molecule has 1 aromatic rings. The SMILES string of the molecule is CC(CC(=O)O)NC(=O)c1ccnc(F)c1. The van der Waals surface area contributed by atoms with Gasteiger partial charge in [-0.3, -0.25) is 9.59 Å². The van der Waals surface area contributed by atoms with Gasteiger partial charge in [-0.25, -0.2) is 4.98 Å². The number of nitrogens with one attached hydrogen (secondary N) is 1. The van der Waals surface area contributed by atoms with Crippen molar-refractivity contribution in [2.45, 2.75) is 19.4 Å². The lowest BCUT2D eigenvalue weighted by atomic mass is 10.2. The van der Waals surface area contributed by atoms with Crippen molar-refractivity contribution in [3.8, 4) is 0 Å². The third-order valence-corrected chi connectivity index (χ3v) is 1.85. The number of nitrogens with zero attached hydrogens (tertiary/aromatic N) is 1. The van der Waals surface area contributed by atoms with Crippen LogP contribution in [0.3, 0.4) is 0 Å². The summed E-state index contributed by atoms with van der Waals surface area (Å²) in [5.74, 6) is -2.28. The molecule has 1 unspecified atom stereocenters. The highest BCUT2D eigenvalue weighted by Crippen LogP contribution is 2.01. The Morgan fingerprint density at radius 1 is 1.62 bits per heavy atom. The molecule has 1 atom stereocenters. The van der Waals surface area contributed by atoms with Crippen molar-refractivity contribution in [3.05, 3.63) is 29.8 Å². The van der Waals surface area contributed by atoms with Crippen molar-refractivity contribution < 1.29 is 19.1 Å². The highest BCUT2D eigenvalue weighted by Gasteiger charge is 2.12. The molecule has 0 radical (unpaired) electrons. The van der Waals surface area contributed by atoms with Gasteiger partial charge in [-0.1, -0.05) is 0 Å². The van der Waals surface area contributed by atoms with Crippen LogP contribution < -0.4 is 5.32 Å².